The topological polar surface area (TPSA) is 70.7 Å². The lowest BCUT2D eigenvalue weighted by Gasteiger charge is -2.13. The maximum atomic E-state index is 12.4. The van der Waals surface area contributed by atoms with E-state index in [1.807, 2.05) is 37.3 Å². The Morgan fingerprint density at radius 1 is 1.25 bits per heavy atom. The second-order valence-corrected chi connectivity index (χ2v) is 4.59. The van der Waals surface area contributed by atoms with E-state index >= 15 is 0 Å². The molecule has 20 heavy (non-hydrogen) atoms. The molecule has 0 bridgehead atoms. The van der Waals surface area contributed by atoms with Crippen LogP contribution in [-0.4, -0.2) is 21.1 Å². The fraction of sp³-hybridized carbons (Fsp3) is 0.133. The minimum atomic E-state index is -0.151. The van der Waals surface area contributed by atoms with E-state index in [-0.39, 0.29) is 11.9 Å². The van der Waals surface area contributed by atoms with Crippen molar-refractivity contribution in [3.63, 3.8) is 0 Å². The molecule has 0 unspecified atom stereocenters. The summed E-state index contributed by atoms with van der Waals surface area (Å²) in [7, 11) is 0. The van der Waals surface area contributed by atoms with Crippen LogP contribution in [0.1, 0.15) is 29.0 Å². The summed E-state index contributed by atoms with van der Waals surface area (Å²) in [6, 6.07) is 11.0. The number of nitrogens with zero attached hydrogens (tertiary/aromatic N) is 2. The van der Waals surface area contributed by atoms with Gasteiger partial charge < -0.3 is 5.32 Å². The molecule has 0 fully saturated rings. The van der Waals surface area contributed by atoms with Gasteiger partial charge in [0.05, 0.1) is 29.0 Å². The number of amides is 1. The van der Waals surface area contributed by atoms with Crippen molar-refractivity contribution in [1.29, 1.82) is 0 Å². The van der Waals surface area contributed by atoms with Gasteiger partial charge in [-0.2, -0.15) is 5.10 Å². The highest BCUT2D eigenvalue weighted by atomic mass is 16.1. The predicted molar refractivity (Wildman–Crippen MR) is 76.2 cm³/mol. The zero-order valence-corrected chi connectivity index (χ0v) is 11.0. The Kier molecular flexibility index (Phi) is 3.16. The summed E-state index contributed by atoms with van der Waals surface area (Å²) in [5, 5.41) is 10.7. The second kappa shape index (κ2) is 5.13. The maximum Gasteiger partial charge on any atom is 0.253 e. The first-order chi connectivity index (χ1) is 9.75. The molecular formula is C15H14N4O. The fourth-order valence-electron chi connectivity index (χ4n) is 2.14. The maximum absolute atomic E-state index is 12.4. The van der Waals surface area contributed by atoms with Gasteiger partial charge in [0.2, 0.25) is 0 Å². The molecule has 0 radical (unpaired) electrons. The summed E-state index contributed by atoms with van der Waals surface area (Å²) in [6.45, 7) is 1.91. The second-order valence-electron chi connectivity index (χ2n) is 4.59. The molecule has 0 aliphatic rings. The van der Waals surface area contributed by atoms with E-state index < -0.39 is 0 Å². The standard InChI is InChI=1S/C15H14N4O/c1-10(13-7-2-3-8-16-13)18-15(20)12-6-4-5-11-9-17-19-14(11)12/h2-10H,1H3,(H,17,19)(H,18,20)/t10-/m1/s1. The average Bonchev–Trinajstić information content (AvgIpc) is 2.96. The van der Waals surface area contributed by atoms with Crippen LogP contribution in [0, 0.1) is 0 Å². The van der Waals surface area contributed by atoms with Crippen LogP contribution in [0.25, 0.3) is 10.9 Å². The lowest BCUT2D eigenvalue weighted by Crippen LogP contribution is -2.27. The van der Waals surface area contributed by atoms with Gasteiger partial charge in [0.25, 0.3) is 5.91 Å². The minimum Gasteiger partial charge on any atom is -0.344 e. The van der Waals surface area contributed by atoms with Crippen LogP contribution < -0.4 is 5.32 Å². The Hall–Kier alpha value is -2.69. The molecule has 100 valence electrons. The quantitative estimate of drug-likeness (QED) is 0.765. The van der Waals surface area contributed by atoms with E-state index in [0.29, 0.717) is 5.56 Å². The van der Waals surface area contributed by atoms with Gasteiger partial charge in [0.1, 0.15) is 0 Å². The first-order valence-electron chi connectivity index (χ1n) is 6.39. The van der Waals surface area contributed by atoms with Crippen LogP contribution in [0.2, 0.25) is 0 Å². The van der Waals surface area contributed by atoms with Crippen LogP contribution in [0.15, 0.2) is 48.8 Å². The first kappa shape index (κ1) is 12.3. The van der Waals surface area contributed by atoms with Crippen molar-refractivity contribution in [3.05, 3.63) is 60.0 Å². The number of nitrogens with one attached hydrogen (secondary N) is 2. The minimum absolute atomic E-state index is 0.141. The average molecular weight is 266 g/mol. The Morgan fingerprint density at radius 3 is 2.95 bits per heavy atom. The van der Waals surface area contributed by atoms with Crippen LogP contribution in [0.5, 0.6) is 0 Å². The molecule has 1 aromatic carbocycles. The molecule has 3 rings (SSSR count). The molecule has 5 heteroatoms. The van der Waals surface area contributed by atoms with Gasteiger partial charge in [-0.25, -0.2) is 0 Å². The van der Waals surface area contributed by atoms with Crippen LogP contribution in [0.3, 0.4) is 0 Å². The van der Waals surface area contributed by atoms with Gasteiger partial charge in [-0.3, -0.25) is 14.9 Å². The van der Waals surface area contributed by atoms with Crippen molar-refractivity contribution in [2.75, 3.05) is 0 Å². The van der Waals surface area contributed by atoms with Gasteiger partial charge in [-0.05, 0) is 25.1 Å². The lowest BCUT2D eigenvalue weighted by molar-refractivity contribution is 0.0940. The number of carbonyl (C=O) groups excluding carboxylic acids is 1. The summed E-state index contributed by atoms with van der Waals surface area (Å²) in [5.41, 5.74) is 2.17. The lowest BCUT2D eigenvalue weighted by atomic mass is 10.1. The van der Waals surface area contributed by atoms with Gasteiger partial charge in [0.15, 0.2) is 0 Å². The molecule has 0 saturated carbocycles. The zero-order chi connectivity index (χ0) is 13.9. The predicted octanol–water partition coefficient (Wildman–Crippen LogP) is 2.45. The molecule has 2 aromatic heterocycles. The number of H-pyrrole nitrogens is 1. The van der Waals surface area contributed by atoms with Gasteiger partial charge >= 0.3 is 0 Å². The molecule has 0 spiro atoms. The number of pyridine rings is 1. The Labute approximate surface area is 116 Å². The zero-order valence-electron chi connectivity index (χ0n) is 11.0. The SMILES string of the molecule is C[C@@H](NC(=O)c1cccc2cn[nH]c12)c1ccccn1. The van der Waals surface area contributed by atoms with E-state index in [0.717, 1.165) is 16.6 Å². The van der Waals surface area contributed by atoms with Gasteiger partial charge in [0, 0.05) is 11.6 Å². The number of benzene rings is 1. The number of hydrogen-bond acceptors (Lipinski definition) is 3. The Morgan fingerprint density at radius 2 is 2.15 bits per heavy atom. The summed E-state index contributed by atoms with van der Waals surface area (Å²) in [4.78, 5) is 16.6. The highest BCUT2D eigenvalue weighted by molar-refractivity contribution is 6.05. The molecule has 0 aliphatic heterocycles. The normalized spacial score (nSPS) is 12.2. The van der Waals surface area contributed by atoms with E-state index in [1.54, 1.807) is 18.5 Å². The molecule has 0 saturated heterocycles. The van der Waals surface area contributed by atoms with Gasteiger partial charge in [-0.1, -0.05) is 18.2 Å². The highest BCUT2D eigenvalue weighted by Gasteiger charge is 2.15. The fourth-order valence-corrected chi connectivity index (χ4v) is 2.14. The smallest absolute Gasteiger partial charge is 0.253 e. The third-order valence-corrected chi connectivity index (χ3v) is 3.20. The summed E-state index contributed by atoms with van der Waals surface area (Å²) < 4.78 is 0. The highest BCUT2D eigenvalue weighted by Crippen LogP contribution is 2.17. The van der Waals surface area contributed by atoms with E-state index in [9.17, 15) is 4.79 Å². The number of para-hydroxylation sites is 1. The van der Waals surface area contributed by atoms with Crippen molar-refractivity contribution in [3.8, 4) is 0 Å². The summed E-state index contributed by atoms with van der Waals surface area (Å²) in [5.74, 6) is -0.141. The van der Waals surface area contributed by atoms with Crippen molar-refractivity contribution in [2.45, 2.75) is 13.0 Å². The van der Waals surface area contributed by atoms with Crippen LogP contribution in [0.4, 0.5) is 0 Å². The number of aromatic amines is 1. The largest absolute Gasteiger partial charge is 0.344 e. The van der Waals surface area contributed by atoms with Crippen LogP contribution in [-0.2, 0) is 0 Å². The number of fused-ring (bicyclic) bond motifs is 1. The third-order valence-electron chi connectivity index (χ3n) is 3.20. The van der Waals surface area contributed by atoms with Crippen molar-refractivity contribution < 1.29 is 4.79 Å². The molecule has 1 amide bonds. The first-order valence-corrected chi connectivity index (χ1v) is 6.39. The Bertz CT molecular complexity index is 736. The molecule has 1 atom stereocenters. The molecule has 2 N–H and O–H groups in total. The number of aromatic nitrogens is 3. The number of hydrogen-bond donors (Lipinski definition) is 2. The summed E-state index contributed by atoms with van der Waals surface area (Å²) >= 11 is 0. The molecule has 5 nitrogen and oxygen atoms in total. The van der Waals surface area contributed by atoms with E-state index in [2.05, 4.69) is 20.5 Å². The number of carbonyl (C=O) groups is 1. The van der Waals surface area contributed by atoms with Crippen LogP contribution >= 0.6 is 0 Å². The van der Waals surface area contributed by atoms with Crippen molar-refractivity contribution >= 4 is 16.8 Å². The van der Waals surface area contributed by atoms with E-state index in [1.165, 1.54) is 0 Å². The van der Waals surface area contributed by atoms with Crippen molar-refractivity contribution in [2.24, 2.45) is 0 Å². The molecule has 3 aromatic rings. The Balaban J connectivity index is 1.85. The molecule has 0 aliphatic carbocycles. The van der Waals surface area contributed by atoms with Crippen molar-refractivity contribution in [1.82, 2.24) is 20.5 Å². The van der Waals surface area contributed by atoms with E-state index in [4.69, 9.17) is 0 Å². The monoisotopic (exact) mass is 266 g/mol. The molecular weight excluding hydrogens is 252 g/mol. The number of rotatable bonds is 3. The third kappa shape index (κ3) is 2.25. The van der Waals surface area contributed by atoms with Gasteiger partial charge in [-0.15, -0.1) is 0 Å². The molecule has 2 heterocycles. The summed E-state index contributed by atoms with van der Waals surface area (Å²) in [6.07, 6.45) is 3.42.